The van der Waals surface area contributed by atoms with Crippen LogP contribution in [0.25, 0.3) is 0 Å². The smallest absolute Gasteiger partial charge is 0.222 e. The lowest BCUT2D eigenvalue weighted by atomic mass is 9.71. The van der Waals surface area contributed by atoms with Crippen LogP contribution in [0.15, 0.2) is 12.2 Å². The molecule has 1 heterocycles. The Bertz CT molecular complexity index is 360. The molecular weight excluding hydrogens is 246 g/mol. The van der Waals surface area contributed by atoms with Crippen molar-refractivity contribution in [3.63, 3.8) is 0 Å². The Morgan fingerprint density at radius 1 is 1.30 bits per heavy atom. The largest absolute Gasteiger partial charge is 0.342 e. The van der Waals surface area contributed by atoms with Crippen molar-refractivity contribution in [3.8, 4) is 0 Å². The van der Waals surface area contributed by atoms with Crippen molar-refractivity contribution in [2.75, 3.05) is 13.1 Å². The lowest BCUT2D eigenvalue weighted by Gasteiger charge is -2.44. The van der Waals surface area contributed by atoms with Crippen LogP contribution in [0.2, 0.25) is 0 Å². The zero-order chi connectivity index (χ0) is 14.6. The maximum absolute atomic E-state index is 12.6. The molecule has 1 aliphatic heterocycles. The molecule has 1 spiro atoms. The van der Waals surface area contributed by atoms with E-state index >= 15 is 0 Å². The average molecular weight is 277 g/mol. The SMILES string of the molecule is CC[C@H](CC(=O)N1CCC[C@]2(CC=CCC2)C1)C(C)C. The van der Waals surface area contributed by atoms with Gasteiger partial charge in [-0.1, -0.05) is 39.3 Å². The molecule has 2 atom stereocenters. The molecule has 0 aromatic heterocycles. The van der Waals surface area contributed by atoms with E-state index in [9.17, 15) is 4.79 Å². The fraction of sp³-hybridized carbons (Fsp3) is 0.833. The molecule has 1 aliphatic carbocycles. The van der Waals surface area contributed by atoms with Crippen molar-refractivity contribution in [1.29, 1.82) is 0 Å². The summed E-state index contributed by atoms with van der Waals surface area (Å²) >= 11 is 0. The summed E-state index contributed by atoms with van der Waals surface area (Å²) in [6.45, 7) is 8.68. The van der Waals surface area contributed by atoms with Gasteiger partial charge in [-0.2, -0.15) is 0 Å². The van der Waals surface area contributed by atoms with Crippen LogP contribution in [0, 0.1) is 17.3 Å². The number of nitrogens with zero attached hydrogens (tertiary/aromatic N) is 1. The normalized spacial score (nSPS) is 28.1. The molecule has 0 saturated carbocycles. The molecule has 1 saturated heterocycles. The first-order chi connectivity index (χ1) is 9.56. The number of allylic oxidation sites excluding steroid dienone is 2. The molecule has 1 fully saturated rings. The predicted octanol–water partition coefficient (Wildman–Crippen LogP) is 4.41. The topological polar surface area (TPSA) is 20.3 Å². The van der Waals surface area contributed by atoms with Gasteiger partial charge in [0.2, 0.25) is 5.91 Å². The van der Waals surface area contributed by atoms with Crippen LogP contribution in [0.3, 0.4) is 0 Å². The van der Waals surface area contributed by atoms with Crippen LogP contribution in [-0.2, 0) is 4.79 Å². The lowest BCUT2D eigenvalue weighted by Crippen LogP contribution is -2.47. The van der Waals surface area contributed by atoms with Crippen molar-refractivity contribution >= 4 is 5.91 Å². The van der Waals surface area contributed by atoms with Gasteiger partial charge in [-0.05, 0) is 49.4 Å². The number of carbonyl (C=O) groups is 1. The van der Waals surface area contributed by atoms with Gasteiger partial charge in [-0.15, -0.1) is 0 Å². The summed E-state index contributed by atoms with van der Waals surface area (Å²) in [7, 11) is 0. The van der Waals surface area contributed by atoms with Crippen LogP contribution in [-0.4, -0.2) is 23.9 Å². The standard InChI is InChI=1S/C18H31NO/c1-4-16(15(2)3)13-17(20)19-12-8-11-18(14-19)9-6-5-7-10-18/h5-6,15-16H,4,7-14H2,1-3H3/t16-,18-/m1/s1. The summed E-state index contributed by atoms with van der Waals surface area (Å²) in [6, 6.07) is 0. The first kappa shape index (κ1) is 15.6. The Labute approximate surface area is 124 Å². The molecule has 2 heteroatoms. The third-order valence-corrected chi connectivity index (χ3v) is 5.48. The zero-order valence-electron chi connectivity index (χ0n) is 13.5. The Morgan fingerprint density at radius 2 is 2.10 bits per heavy atom. The van der Waals surface area contributed by atoms with Gasteiger partial charge in [0.15, 0.2) is 0 Å². The van der Waals surface area contributed by atoms with E-state index in [1.54, 1.807) is 0 Å². The average Bonchev–Trinajstić information content (AvgIpc) is 2.45. The van der Waals surface area contributed by atoms with Gasteiger partial charge >= 0.3 is 0 Å². The molecule has 2 nitrogen and oxygen atoms in total. The van der Waals surface area contributed by atoms with Gasteiger partial charge in [0.05, 0.1) is 0 Å². The minimum absolute atomic E-state index is 0.402. The van der Waals surface area contributed by atoms with Crippen molar-refractivity contribution in [2.45, 2.75) is 65.7 Å². The molecule has 0 radical (unpaired) electrons. The van der Waals surface area contributed by atoms with Crippen LogP contribution < -0.4 is 0 Å². The van der Waals surface area contributed by atoms with E-state index in [4.69, 9.17) is 0 Å². The maximum Gasteiger partial charge on any atom is 0.222 e. The third-order valence-electron chi connectivity index (χ3n) is 5.48. The van der Waals surface area contributed by atoms with Crippen molar-refractivity contribution in [3.05, 3.63) is 12.2 Å². The van der Waals surface area contributed by atoms with Crippen molar-refractivity contribution in [1.82, 2.24) is 4.90 Å². The molecule has 0 N–H and O–H groups in total. The fourth-order valence-electron chi connectivity index (χ4n) is 3.94. The summed E-state index contributed by atoms with van der Waals surface area (Å²) in [4.78, 5) is 14.8. The summed E-state index contributed by atoms with van der Waals surface area (Å²) in [5.41, 5.74) is 0.405. The van der Waals surface area contributed by atoms with Gasteiger partial charge in [0.25, 0.3) is 0 Å². The minimum Gasteiger partial charge on any atom is -0.342 e. The zero-order valence-corrected chi connectivity index (χ0v) is 13.5. The highest BCUT2D eigenvalue weighted by atomic mass is 16.2. The maximum atomic E-state index is 12.6. The first-order valence-corrected chi connectivity index (χ1v) is 8.49. The summed E-state index contributed by atoms with van der Waals surface area (Å²) in [5, 5.41) is 0. The highest BCUT2D eigenvalue weighted by molar-refractivity contribution is 5.76. The molecule has 0 aromatic rings. The molecule has 1 amide bonds. The van der Waals surface area contributed by atoms with Gasteiger partial charge in [-0.3, -0.25) is 4.79 Å². The second-order valence-electron chi connectivity index (χ2n) is 7.25. The Hall–Kier alpha value is -0.790. The number of hydrogen-bond acceptors (Lipinski definition) is 1. The predicted molar refractivity (Wildman–Crippen MR) is 84.5 cm³/mol. The summed E-state index contributed by atoms with van der Waals surface area (Å²) in [6.07, 6.45) is 12.7. The van der Waals surface area contributed by atoms with E-state index in [1.807, 2.05) is 0 Å². The van der Waals surface area contributed by atoms with Gasteiger partial charge in [0.1, 0.15) is 0 Å². The Kier molecular flexibility index (Phi) is 5.29. The molecule has 0 aromatic carbocycles. The van der Waals surface area contributed by atoms with E-state index in [0.29, 0.717) is 23.2 Å². The summed E-state index contributed by atoms with van der Waals surface area (Å²) in [5.74, 6) is 1.56. The lowest BCUT2D eigenvalue weighted by molar-refractivity contribution is -0.136. The van der Waals surface area contributed by atoms with Crippen LogP contribution in [0.4, 0.5) is 0 Å². The quantitative estimate of drug-likeness (QED) is 0.697. The number of rotatable bonds is 4. The van der Waals surface area contributed by atoms with Crippen LogP contribution in [0.1, 0.15) is 65.7 Å². The Morgan fingerprint density at radius 3 is 2.70 bits per heavy atom. The van der Waals surface area contributed by atoms with Gasteiger partial charge in [0, 0.05) is 19.5 Å². The first-order valence-electron chi connectivity index (χ1n) is 8.49. The second-order valence-corrected chi connectivity index (χ2v) is 7.25. The minimum atomic E-state index is 0.402. The second kappa shape index (κ2) is 6.78. The monoisotopic (exact) mass is 277 g/mol. The number of amides is 1. The summed E-state index contributed by atoms with van der Waals surface area (Å²) < 4.78 is 0. The van der Waals surface area contributed by atoms with Crippen LogP contribution >= 0.6 is 0 Å². The molecule has 114 valence electrons. The van der Waals surface area contributed by atoms with E-state index in [1.165, 1.54) is 32.1 Å². The molecule has 2 aliphatic rings. The van der Waals surface area contributed by atoms with E-state index in [-0.39, 0.29) is 0 Å². The van der Waals surface area contributed by atoms with E-state index in [0.717, 1.165) is 25.9 Å². The number of piperidine rings is 1. The number of hydrogen-bond donors (Lipinski definition) is 0. The Balaban J connectivity index is 1.94. The fourth-order valence-corrected chi connectivity index (χ4v) is 3.94. The van der Waals surface area contributed by atoms with Gasteiger partial charge < -0.3 is 4.90 Å². The van der Waals surface area contributed by atoms with Crippen molar-refractivity contribution in [2.24, 2.45) is 17.3 Å². The van der Waals surface area contributed by atoms with Crippen LogP contribution in [0.5, 0.6) is 0 Å². The highest BCUT2D eigenvalue weighted by Crippen LogP contribution is 2.41. The third kappa shape index (κ3) is 3.65. The van der Waals surface area contributed by atoms with E-state index in [2.05, 4.69) is 37.8 Å². The molecular formula is C18H31NO. The molecule has 2 rings (SSSR count). The molecule has 0 bridgehead atoms. The number of likely N-dealkylation sites (tertiary alicyclic amines) is 1. The molecule has 20 heavy (non-hydrogen) atoms. The molecule has 0 unspecified atom stereocenters. The highest BCUT2D eigenvalue weighted by Gasteiger charge is 2.37. The number of carbonyl (C=O) groups excluding carboxylic acids is 1. The van der Waals surface area contributed by atoms with Gasteiger partial charge in [-0.25, -0.2) is 0 Å². The van der Waals surface area contributed by atoms with E-state index < -0.39 is 0 Å². The van der Waals surface area contributed by atoms with Crippen molar-refractivity contribution < 1.29 is 4.79 Å².